The van der Waals surface area contributed by atoms with Gasteiger partial charge in [0.15, 0.2) is 0 Å². The highest BCUT2D eigenvalue weighted by Crippen LogP contribution is 2.18. The largest absolute Gasteiger partial charge is 0.395 e. The van der Waals surface area contributed by atoms with Crippen LogP contribution in [0.3, 0.4) is 0 Å². The molecule has 0 fully saturated rings. The van der Waals surface area contributed by atoms with Gasteiger partial charge in [-0.1, -0.05) is 11.6 Å². The van der Waals surface area contributed by atoms with Crippen molar-refractivity contribution in [3.8, 4) is 0 Å². The van der Waals surface area contributed by atoms with Crippen molar-refractivity contribution in [1.82, 2.24) is 4.90 Å². The predicted molar refractivity (Wildman–Crippen MR) is 69.2 cm³/mol. The van der Waals surface area contributed by atoms with Crippen LogP contribution in [0.25, 0.3) is 0 Å². The summed E-state index contributed by atoms with van der Waals surface area (Å²) in [7, 11) is 1.71. The highest BCUT2D eigenvalue weighted by Gasteiger charge is 2.13. The summed E-state index contributed by atoms with van der Waals surface area (Å²) in [5, 5.41) is 11.7. The highest BCUT2D eigenvalue weighted by atomic mass is 35.5. The van der Waals surface area contributed by atoms with Crippen LogP contribution in [0.4, 0.5) is 10.1 Å². The van der Waals surface area contributed by atoms with Crippen LogP contribution < -0.4 is 5.32 Å². The minimum absolute atomic E-state index is 0.0426. The van der Waals surface area contributed by atoms with Gasteiger partial charge in [-0.2, -0.15) is 0 Å². The Bertz CT molecular complexity index is 429. The summed E-state index contributed by atoms with van der Waals surface area (Å²) in [5.41, 5.74) is 0.0921. The first kappa shape index (κ1) is 14.9. The van der Waals surface area contributed by atoms with E-state index < -0.39 is 5.82 Å². The summed E-state index contributed by atoms with van der Waals surface area (Å²) >= 11 is 5.61. The van der Waals surface area contributed by atoms with Crippen LogP contribution in [0, 0.1) is 5.82 Å². The van der Waals surface area contributed by atoms with Crippen LogP contribution in [-0.4, -0.2) is 42.2 Å². The molecule has 1 unspecified atom stereocenters. The number of nitrogens with zero attached hydrogens (tertiary/aromatic N) is 1. The third-order valence-electron chi connectivity index (χ3n) is 2.61. The Hall–Kier alpha value is -1.17. The average molecular weight is 275 g/mol. The first-order valence-electron chi connectivity index (χ1n) is 5.50. The standard InChI is InChI=1S/C12H16ClFN2O2/c1-8(7-17)16(2)6-12(18)15-11-4-3-9(13)5-10(11)14/h3-5,8,17H,6-7H2,1-2H3,(H,15,18). The third kappa shape index (κ3) is 4.25. The Morgan fingerprint density at radius 3 is 2.83 bits per heavy atom. The zero-order valence-corrected chi connectivity index (χ0v) is 11.0. The Kier molecular flexibility index (Phi) is 5.53. The van der Waals surface area contributed by atoms with E-state index in [4.69, 9.17) is 16.7 Å². The van der Waals surface area contributed by atoms with Crippen molar-refractivity contribution in [2.75, 3.05) is 25.5 Å². The first-order valence-corrected chi connectivity index (χ1v) is 5.88. The van der Waals surface area contributed by atoms with Crippen molar-refractivity contribution >= 4 is 23.2 Å². The van der Waals surface area contributed by atoms with Gasteiger partial charge >= 0.3 is 0 Å². The number of amides is 1. The molecule has 6 heteroatoms. The van der Waals surface area contributed by atoms with E-state index in [-0.39, 0.29) is 35.8 Å². The van der Waals surface area contributed by atoms with Gasteiger partial charge in [-0.25, -0.2) is 4.39 Å². The SMILES string of the molecule is CC(CO)N(C)CC(=O)Nc1ccc(Cl)cc1F. The van der Waals surface area contributed by atoms with Gasteiger partial charge in [-0.3, -0.25) is 9.69 Å². The second kappa shape index (κ2) is 6.68. The molecule has 1 rings (SSSR count). The molecule has 1 aromatic rings. The van der Waals surface area contributed by atoms with Crippen molar-refractivity contribution in [2.45, 2.75) is 13.0 Å². The smallest absolute Gasteiger partial charge is 0.238 e. The Morgan fingerprint density at radius 1 is 1.61 bits per heavy atom. The number of rotatable bonds is 5. The molecule has 100 valence electrons. The van der Waals surface area contributed by atoms with Gasteiger partial charge in [-0.15, -0.1) is 0 Å². The van der Waals surface area contributed by atoms with Crippen LogP contribution in [0.1, 0.15) is 6.92 Å². The number of nitrogens with one attached hydrogen (secondary N) is 1. The van der Waals surface area contributed by atoms with Crippen LogP contribution in [0.15, 0.2) is 18.2 Å². The fourth-order valence-electron chi connectivity index (χ4n) is 1.30. The maximum Gasteiger partial charge on any atom is 0.238 e. The van der Waals surface area contributed by atoms with E-state index in [1.165, 1.54) is 12.1 Å². The molecule has 18 heavy (non-hydrogen) atoms. The van der Waals surface area contributed by atoms with Gasteiger partial charge in [0.05, 0.1) is 18.8 Å². The van der Waals surface area contributed by atoms with Crippen molar-refractivity contribution < 1.29 is 14.3 Å². The van der Waals surface area contributed by atoms with Gasteiger partial charge in [-0.05, 0) is 32.2 Å². The minimum atomic E-state index is -0.575. The van der Waals surface area contributed by atoms with Crippen molar-refractivity contribution in [1.29, 1.82) is 0 Å². The molecule has 0 heterocycles. The number of hydrogen-bond acceptors (Lipinski definition) is 3. The molecular formula is C12H16ClFN2O2. The lowest BCUT2D eigenvalue weighted by Gasteiger charge is -2.22. The van der Waals surface area contributed by atoms with E-state index in [1.807, 2.05) is 0 Å². The number of carbonyl (C=O) groups excluding carboxylic acids is 1. The van der Waals surface area contributed by atoms with E-state index in [0.29, 0.717) is 0 Å². The average Bonchev–Trinajstić information content (AvgIpc) is 2.31. The monoisotopic (exact) mass is 274 g/mol. The topological polar surface area (TPSA) is 52.6 Å². The predicted octanol–water partition coefficient (Wildman–Crippen LogP) is 1.73. The Labute approximate surface area is 110 Å². The number of aliphatic hydroxyl groups excluding tert-OH is 1. The number of hydrogen-bond donors (Lipinski definition) is 2. The summed E-state index contributed by atoms with van der Waals surface area (Å²) < 4.78 is 13.4. The summed E-state index contributed by atoms with van der Waals surface area (Å²) in [6, 6.07) is 3.91. The zero-order valence-electron chi connectivity index (χ0n) is 10.3. The molecule has 1 atom stereocenters. The molecule has 1 aromatic carbocycles. The maximum atomic E-state index is 13.4. The molecule has 0 aromatic heterocycles. The molecule has 4 nitrogen and oxygen atoms in total. The molecule has 2 N–H and O–H groups in total. The van der Waals surface area contributed by atoms with E-state index in [1.54, 1.807) is 18.9 Å². The van der Waals surface area contributed by atoms with Crippen molar-refractivity contribution in [3.63, 3.8) is 0 Å². The summed E-state index contributed by atoms with van der Waals surface area (Å²) in [6.45, 7) is 1.82. The number of halogens is 2. The summed E-state index contributed by atoms with van der Waals surface area (Å²) in [4.78, 5) is 13.3. The van der Waals surface area contributed by atoms with Gasteiger partial charge in [0.25, 0.3) is 0 Å². The van der Waals surface area contributed by atoms with E-state index in [0.717, 1.165) is 6.07 Å². The zero-order chi connectivity index (χ0) is 13.7. The number of carbonyl (C=O) groups is 1. The van der Waals surface area contributed by atoms with Crippen molar-refractivity contribution in [3.05, 3.63) is 29.0 Å². The summed E-state index contributed by atoms with van der Waals surface area (Å²) in [6.07, 6.45) is 0. The maximum absolute atomic E-state index is 13.4. The van der Waals surface area contributed by atoms with E-state index >= 15 is 0 Å². The van der Waals surface area contributed by atoms with Gasteiger partial charge in [0.2, 0.25) is 5.91 Å². The van der Waals surface area contributed by atoms with E-state index in [9.17, 15) is 9.18 Å². The minimum Gasteiger partial charge on any atom is -0.395 e. The fourth-order valence-corrected chi connectivity index (χ4v) is 1.46. The van der Waals surface area contributed by atoms with Gasteiger partial charge < -0.3 is 10.4 Å². The number of likely N-dealkylation sites (N-methyl/N-ethyl adjacent to an activating group) is 1. The lowest BCUT2D eigenvalue weighted by molar-refractivity contribution is -0.117. The van der Waals surface area contributed by atoms with Gasteiger partial charge in [0.1, 0.15) is 5.82 Å². The van der Waals surface area contributed by atoms with E-state index in [2.05, 4.69) is 5.32 Å². The van der Waals surface area contributed by atoms with Gasteiger partial charge in [0, 0.05) is 11.1 Å². The van der Waals surface area contributed by atoms with Crippen LogP contribution in [-0.2, 0) is 4.79 Å². The molecule has 1 amide bonds. The molecule has 0 radical (unpaired) electrons. The molecule has 0 aliphatic rings. The van der Waals surface area contributed by atoms with Crippen molar-refractivity contribution in [2.24, 2.45) is 0 Å². The third-order valence-corrected chi connectivity index (χ3v) is 2.85. The first-order chi connectivity index (χ1) is 8.43. The van der Waals surface area contributed by atoms with Crippen LogP contribution >= 0.6 is 11.6 Å². The Morgan fingerprint density at radius 2 is 2.28 bits per heavy atom. The lowest BCUT2D eigenvalue weighted by Crippen LogP contribution is -2.38. The quantitative estimate of drug-likeness (QED) is 0.860. The molecule has 0 bridgehead atoms. The van der Waals surface area contributed by atoms with Crippen LogP contribution in [0.2, 0.25) is 5.02 Å². The highest BCUT2D eigenvalue weighted by molar-refractivity contribution is 6.30. The number of anilines is 1. The van der Waals surface area contributed by atoms with Crippen LogP contribution in [0.5, 0.6) is 0 Å². The second-order valence-electron chi connectivity index (χ2n) is 4.12. The number of benzene rings is 1. The summed E-state index contributed by atoms with van der Waals surface area (Å²) in [5.74, 6) is -0.923. The molecule has 0 saturated carbocycles. The normalized spacial score (nSPS) is 12.6. The molecule has 0 saturated heterocycles. The molecule has 0 aliphatic heterocycles. The fraction of sp³-hybridized carbons (Fsp3) is 0.417. The number of aliphatic hydroxyl groups is 1. The molecule has 0 spiro atoms. The second-order valence-corrected chi connectivity index (χ2v) is 4.56. The molecule has 0 aliphatic carbocycles. The molecular weight excluding hydrogens is 259 g/mol. The Balaban J connectivity index is 2.59. The lowest BCUT2D eigenvalue weighted by atomic mass is 10.3.